The largest absolute Gasteiger partial charge is 0.497 e. The summed E-state index contributed by atoms with van der Waals surface area (Å²) in [4.78, 5) is 70.8. The zero-order valence-electron chi connectivity index (χ0n) is 33.4. The lowest BCUT2D eigenvalue weighted by Crippen LogP contribution is -2.46. The molecule has 4 aromatic carbocycles. The first kappa shape index (κ1) is 40.6. The van der Waals surface area contributed by atoms with Crippen molar-refractivity contribution in [3.63, 3.8) is 0 Å². The van der Waals surface area contributed by atoms with Gasteiger partial charge >= 0.3 is 0 Å². The smallest absolute Gasteiger partial charge is 0.264 e. The van der Waals surface area contributed by atoms with Crippen LogP contribution in [-0.2, 0) is 26.5 Å². The molecule has 2 fully saturated rings. The number of rotatable bonds is 12. The van der Waals surface area contributed by atoms with Crippen molar-refractivity contribution in [3.05, 3.63) is 113 Å². The molecule has 4 N–H and O–H groups in total. The molecule has 0 aromatic heterocycles. The van der Waals surface area contributed by atoms with Crippen molar-refractivity contribution in [2.45, 2.75) is 69.1 Å². The Morgan fingerprint density at radius 3 is 2.05 bits per heavy atom. The number of methoxy groups -OCH3 is 2. The number of aliphatic hydroxyl groups is 1. The Morgan fingerprint density at radius 2 is 1.48 bits per heavy atom. The minimum Gasteiger partial charge on any atom is -0.497 e. The highest BCUT2D eigenvalue weighted by Gasteiger charge is 2.66. The van der Waals surface area contributed by atoms with Crippen LogP contribution in [-0.4, -0.2) is 86.3 Å². The Labute approximate surface area is 339 Å². The number of carbonyl (C=O) groups excluding carboxylic acids is 4. The number of fused-ring (bicyclic) bond motifs is 2. The number of likely N-dealkylation sites (tertiary alicyclic amines) is 1. The van der Waals surface area contributed by atoms with Crippen molar-refractivity contribution in [3.8, 4) is 11.5 Å². The number of nitrogens with one attached hydrogen (secondary N) is 2. The van der Waals surface area contributed by atoms with Crippen LogP contribution in [0.3, 0.4) is 0 Å². The molecular formula is C44H50N4O9Si. The third kappa shape index (κ3) is 7.72. The quantitative estimate of drug-likeness (QED) is 0.127. The van der Waals surface area contributed by atoms with Crippen LogP contribution < -0.4 is 25.0 Å². The molecule has 3 aliphatic rings. The third-order valence-corrected chi connectivity index (χ3v) is 14.3. The van der Waals surface area contributed by atoms with Crippen LogP contribution in [0.2, 0.25) is 18.6 Å². The van der Waals surface area contributed by atoms with Gasteiger partial charge in [0.25, 0.3) is 17.7 Å². The summed E-state index contributed by atoms with van der Waals surface area (Å²) in [6.45, 7) is 6.00. The Hall–Kier alpha value is -5.54. The number of ether oxygens (including phenoxy) is 3. The standard InChI is InChI=1S/C44H50N4O9Si/c1-27-40(58(4,5)54)38(24-39(50)47-21-7-10-33(47)26-49)57-44(27)36-23-32(46-42(52)30-13-18-35(56-3)19-14-30)15-20-37(36)48(43(44)53)25-28-8-6-9-31(22-28)45-41(51)29-11-16-34(55-2)17-12-29/h6,8-9,11-20,22-23,27,33,38,40,49,54H,7,10,21,24-26H2,1-5H3,(H,45,51)(H,46,52)/t27-,33-,38+,40-,44+/m0/s1. The number of amides is 4. The molecule has 0 aliphatic carbocycles. The van der Waals surface area contributed by atoms with E-state index in [4.69, 9.17) is 14.2 Å². The van der Waals surface area contributed by atoms with E-state index in [-0.39, 0.29) is 49.2 Å². The van der Waals surface area contributed by atoms with Crippen molar-refractivity contribution >= 4 is 49.0 Å². The van der Waals surface area contributed by atoms with Crippen molar-refractivity contribution in [1.82, 2.24) is 4.90 Å². The van der Waals surface area contributed by atoms with E-state index < -0.39 is 31.5 Å². The van der Waals surface area contributed by atoms with Gasteiger partial charge in [-0.25, -0.2) is 0 Å². The number of carbonyl (C=O) groups is 4. The molecule has 13 nitrogen and oxygen atoms in total. The van der Waals surface area contributed by atoms with Crippen LogP contribution in [0.4, 0.5) is 17.1 Å². The summed E-state index contributed by atoms with van der Waals surface area (Å²) in [5, 5.41) is 15.9. The SMILES string of the molecule is COc1ccc(C(=O)Nc2cccc(CN3C(=O)[C@]4(O[C@H](CC(=O)N5CCC[C@H]5CO)[C@@H]([Si](C)(C)O)[C@@H]4C)c4cc(NC(=O)c5ccc(OC)cc5)ccc43)c2)cc1. The second-order valence-electron chi connectivity index (χ2n) is 15.8. The van der Waals surface area contributed by atoms with Gasteiger partial charge in [0, 0.05) is 46.1 Å². The van der Waals surface area contributed by atoms with Crippen LogP contribution in [0.1, 0.15) is 58.0 Å². The number of nitrogens with zero attached hydrogens (tertiary/aromatic N) is 2. The van der Waals surface area contributed by atoms with Gasteiger partial charge in [-0.1, -0.05) is 19.1 Å². The first-order valence-electron chi connectivity index (χ1n) is 19.5. The van der Waals surface area contributed by atoms with Gasteiger partial charge in [-0.05, 0) is 110 Å². The molecule has 4 aromatic rings. The van der Waals surface area contributed by atoms with E-state index in [1.165, 1.54) is 0 Å². The van der Waals surface area contributed by atoms with E-state index in [0.29, 0.717) is 58.2 Å². The normalized spacial score (nSPS) is 22.6. The highest BCUT2D eigenvalue weighted by atomic mass is 28.4. The van der Waals surface area contributed by atoms with Crippen LogP contribution in [0.15, 0.2) is 91.0 Å². The van der Waals surface area contributed by atoms with Gasteiger partial charge in [0.05, 0.1) is 51.6 Å². The molecule has 2 saturated heterocycles. The number of aliphatic hydroxyl groups excluding tert-OH is 1. The lowest BCUT2D eigenvalue weighted by atomic mass is 9.82. The molecule has 3 heterocycles. The number of anilines is 3. The first-order valence-corrected chi connectivity index (χ1v) is 22.6. The van der Waals surface area contributed by atoms with Crippen LogP contribution in [0, 0.1) is 5.92 Å². The monoisotopic (exact) mass is 806 g/mol. The molecule has 0 radical (unpaired) electrons. The maximum Gasteiger partial charge on any atom is 0.264 e. The van der Waals surface area contributed by atoms with Crippen molar-refractivity contribution < 1.29 is 43.3 Å². The Kier molecular flexibility index (Phi) is 11.5. The van der Waals surface area contributed by atoms with Gasteiger partial charge in [-0.3, -0.25) is 19.2 Å². The van der Waals surface area contributed by atoms with E-state index in [9.17, 15) is 24.3 Å². The highest BCUT2D eigenvalue weighted by Crippen LogP contribution is 2.60. The molecule has 14 heteroatoms. The first-order chi connectivity index (χ1) is 27.8. The van der Waals surface area contributed by atoms with E-state index >= 15 is 4.79 Å². The zero-order valence-corrected chi connectivity index (χ0v) is 34.4. The third-order valence-electron chi connectivity index (χ3n) is 11.8. The van der Waals surface area contributed by atoms with Crippen molar-refractivity contribution in [2.24, 2.45) is 5.92 Å². The van der Waals surface area contributed by atoms with E-state index in [1.54, 1.807) is 116 Å². The summed E-state index contributed by atoms with van der Waals surface area (Å²) in [6, 6.07) is 25.7. The van der Waals surface area contributed by atoms with E-state index in [0.717, 1.165) is 12.0 Å². The van der Waals surface area contributed by atoms with Gasteiger partial charge in [0.1, 0.15) is 11.5 Å². The fraction of sp³-hybridized carbons (Fsp3) is 0.364. The Morgan fingerprint density at radius 1 is 0.879 bits per heavy atom. The van der Waals surface area contributed by atoms with Crippen molar-refractivity contribution in [1.29, 1.82) is 0 Å². The second kappa shape index (κ2) is 16.4. The summed E-state index contributed by atoms with van der Waals surface area (Å²) >= 11 is 0. The number of hydrogen-bond acceptors (Lipinski definition) is 9. The molecular weight excluding hydrogens is 757 g/mol. The maximum atomic E-state index is 15.2. The van der Waals surface area contributed by atoms with Gasteiger partial charge in [0.2, 0.25) is 5.91 Å². The maximum absolute atomic E-state index is 15.2. The molecule has 3 aliphatic heterocycles. The van der Waals surface area contributed by atoms with Crippen LogP contribution >= 0.6 is 0 Å². The molecule has 304 valence electrons. The summed E-state index contributed by atoms with van der Waals surface area (Å²) in [5.74, 6) is -0.527. The molecule has 0 unspecified atom stereocenters. The van der Waals surface area contributed by atoms with E-state index in [2.05, 4.69) is 10.6 Å². The average Bonchev–Trinajstić information content (AvgIpc) is 3.88. The Balaban J connectivity index is 1.23. The second-order valence-corrected chi connectivity index (χ2v) is 19.8. The van der Waals surface area contributed by atoms with Gasteiger partial charge in [-0.15, -0.1) is 0 Å². The van der Waals surface area contributed by atoms with E-state index in [1.807, 2.05) is 19.1 Å². The zero-order chi connectivity index (χ0) is 41.4. The average molecular weight is 807 g/mol. The number of hydrogen-bond donors (Lipinski definition) is 4. The van der Waals surface area contributed by atoms with Gasteiger partial charge in [0.15, 0.2) is 13.9 Å². The van der Waals surface area contributed by atoms with Crippen LogP contribution in [0.5, 0.6) is 11.5 Å². The van der Waals surface area contributed by atoms with Crippen molar-refractivity contribution in [2.75, 3.05) is 42.9 Å². The summed E-state index contributed by atoms with van der Waals surface area (Å²) < 4.78 is 17.4. The minimum atomic E-state index is -3.11. The molecule has 58 heavy (non-hydrogen) atoms. The topological polar surface area (TPSA) is 167 Å². The lowest BCUT2D eigenvalue weighted by molar-refractivity contribution is -0.150. The molecule has 0 bridgehead atoms. The molecule has 7 rings (SSSR count). The molecule has 0 saturated carbocycles. The number of benzene rings is 4. The molecule has 5 atom stereocenters. The fourth-order valence-electron chi connectivity index (χ4n) is 8.98. The summed E-state index contributed by atoms with van der Waals surface area (Å²) in [5.41, 5.74) is 1.54. The Bertz CT molecular complexity index is 2190. The molecule has 1 spiro atoms. The molecule has 4 amide bonds. The van der Waals surface area contributed by atoms with Crippen LogP contribution in [0.25, 0.3) is 0 Å². The predicted molar refractivity (Wildman–Crippen MR) is 222 cm³/mol. The minimum absolute atomic E-state index is 0.0588. The summed E-state index contributed by atoms with van der Waals surface area (Å²) in [6.07, 6.45) is 0.636. The predicted octanol–water partition coefficient (Wildman–Crippen LogP) is 5.93. The van der Waals surface area contributed by atoms with Gasteiger partial charge < -0.3 is 44.5 Å². The van der Waals surface area contributed by atoms with Gasteiger partial charge in [-0.2, -0.15) is 0 Å². The fourth-order valence-corrected chi connectivity index (χ4v) is 11.5. The summed E-state index contributed by atoms with van der Waals surface area (Å²) in [7, 11) is -0.00622. The highest BCUT2D eigenvalue weighted by molar-refractivity contribution is 6.71. The lowest BCUT2D eigenvalue weighted by Gasteiger charge is -2.33.